The van der Waals surface area contributed by atoms with Crippen molar-refractivity contribution < 1.29 is 32.7 Å². The molecule has 0 fully saturated rings. The van der Waals surface area contributed by atoms with Crippen LogP contribution in [0.1, 0.15) is 33.4 Å². The Balaban J connectivity index is 0.000000241. The second-order valence-electron chi connectivity index (χ2n) is 16.7. The highest BCUT2D eigenvalue weighted by Gasteiger charge is 2.31. The molecule has 0 radical (unpaired) electrons. The number of anilines is 3. The van der Waals surface area contributed by atoms with Crippen LogP contribution in [0.25, 0.3) is 52.8 Å². The molecule has 9 rings (SSSR count). The minimum absolute atomic E-state index is 0. The summed E-state index contributed by atoms with van der Waals surface area (Å²) in [5, 5.41) is 21.1. The number of carbonyl (C=O) groups excluding carboxylic acids is 2. The van der Waals surface area contributed by atoms with Crippen LogP contribution in [0.4, 0.5) is 30.2 Å². The predicted octanol–water partition coefficient (Wildman–Crippen LogP) is 9.22. The third kappa shape index (κ3) is 21.0. The number of nitrogens with two attached hydrogens (primary N) is 1. The van der Waals surface area contributed by atoms with Gasteiger partial charge in [-0.25, -0.2) is 33.8 Å². The van der Waals surface area contributed by atoms with E-state index in [0.29, 0.717) is 17.2 Å². The van der Waals surface area contributed by atoms with Crippen molar-refractivity contribution in [3.05, 3.63) is 199 Å². The average Bonchev–Trinajstić information content (AvgIpc) is 4.23. The number of carboxylic acid groups (broad SMARTS) is 1. The van der Waals surface area contributed by atoms with Crippen LogP contribution in [-0.4, -0.2) is 82.1 Å². The molecule has 80 heavy (non-hydrogen) atoms. The van der Waals surface area contributed by atoms with E-state index >= 15 is 0 Å². The van der Waals surface area contributed by atoms with E-state index in [1.807, 2.05) is 52.0 Å². The van der Waals surface area contributed by atoms with Crippen LogP contribution < -0.4 is 33.6 Å². The van der Waals surface area contributed by atoms with Gasteiger partial charge in [0, 0.05) is 96.4 Å². The standard InChI is InChI=1S/2C18H18N6O.C13H10F3N3O2.C5H6N2.ClH.H3N/c2*1-13-9-14(2)11-15(10-13)18-20-12-24(23-18)8-5-17(25)22-21-16-3-6-19-7-4-16;1-8-4-9(6-10(5-8)13(14,15)16)12-17-7-19(18-12)3-2-11(20)21;6-5-1-3-7-4-2-5;;/h2*3-12H,1-2H3,(H,19,21)(H,22,25);2-7H,1H3,(H,20,21);1-4H,(H2,6,7);1H;1H3/b2*8-5-;3-2-;;;. The Morgan fingerprint density at radius 1 is 0.512 bits per heavy atom. The number of amides is 2. The Bertz CT molecular complexity index is 3330. The molecule has 0 atom stereocenters. The molecule has 26 heteroatoms. The number of hydrogen-bond acceptors (Lipinski definition) is 16. The van der Waals surface area contributed by atoms with Crippen molar-refractivity contribution in [2.75, 3.05) is 16.6 Å². The Morgan fingerprint density at radius 2 is 0.838 bits per heavy atom. The fourth-order valence-electron chi connectivity index (χ4n) is 6.73. The lowest BCUT2D eigenvalue weighted by Crippen LogP contribution is -2.27. The summed E-state index contributed by atoms with van der Waals surface area (Å²) in [4.78, 5) is 58.0. The molecule has 6 heterocycles. The minimum atomic E-state index is -4.45. The van der Waals surface area contributed by atoms with Crippen LogP contribution in [0, 0.1) is 34.6 Å². The maximum atomic E-state index is 12.8. The summed E-state index contributed by atoms with van der Waals surface area (Å²) in [7, 11) is 0. The summed E-state index contributed by atoms with van der Waals surface area (Å²) in [6.07, 6.45) is 17.6. The number of benzene rings is 3. The lowest BCUT2D eigenvalue weighted by Gasteiger charge is -2.09. The van der Waals surface area contributed by atoms with Crippen LogP contribution in [0.15, 0.2) is 165 Å². The number of hydrazine groups is 2. The normalized spacial score (nSPS) is 10.7. The molecular weight excluding hydrogens is 1060 g/mol. The smallest absolute Gasteiger partial charge is 0.416 e. The molecule has 10 N–H and O–H groups in total. The lowest BCUT2D eigenvalue weighted by molar-refractivity contribution is -0.137. The van der Waals surface area contributed by atoms with Gasteiger partial charge in [0.15, 0.2) is 17.5 Å². The maximum absolute atomic E-state index is 12.8. The molecule has 0 unspecified atom stereocenters. The monoisotopic (exact) mass is 1110 g/mol. The van der Waals surface area contributed by atoms with Crippen molar-refractivity contribution in [3.8, 4) is 34.2 Å². The summed E-state index contributed by atoms with van der Waals surface area (Å²) in [6.45, 7) is 9.68. The van der Waals surface area contributed by atoms with Crippen LogP contribution in [0.5, 0.6) is 0 Å². The molecule has 0 aliphatic carbocycles. The number of aryl methyl sites for hydroxylation is 5. The SMILES string of the molecule is Cc1cc(-c2ncn(/C=C\C(=O)O)n2)cc(C(F)(F)F)c1.Cc1cc(C)cc(-c2ncn(/C=C\C(=O)NNc3ccncc3)n2)c1.Cc1cc(C)cc(-c2ncn(/C=C\C(=O)NNc3ccncc3)n2)c1.Cl.N.Nc1ccncc1. The number of halogens is 4. The number of aliphatic carboxylic acids is 1. The summed E-state index contributed by atoms with van der Waals surface area (Å²) >= 11 is 0. The van der Waals surface area contributed by atoms with Gasteiger partial charge in [-0.15, -0.1) is 27.7 Å². The highest BCUT2D eigenvalue weighted by Crippen LogP contribution is 2.32. The molecular formula is C54H56ClF3N18O4. The topological polar surface area (TPSA) is 311 Å². The molecule has 0 saturated heterocycles. The van der Waals surface area contributed by atoms with E-state index in [1.54, 1.807) is 106 Å². The first-order valence-corrected chi connectivity index (χ1v) is 23.3. The third-order valence-electron chi connectivity index (χ3n) is 10.0. The van der Waals surface area contributed by atoms with E-state index in [0.717, 1.165) is 79.5 Å². The van der Waals surface area contributed by atoms with E-state index in [4.69, 9.17) is 10.8 Å². The van der Waals surface area contributed by atoms with Crippen LogP contribution in [0.2, 0.25) is 0 Å². The van der Waals surface area contributed by atoms with Gasteiger partial charge in [0.05, 0.1) is 16.9 Å². The predicted molar refractivity (Wildman–Crippen MR) is 302 cm³/mol. The molecule has 9 aromatic rings. The van der Waals surface area contributed by atoms with Crippen molar-refractivity contribution in [2.24, 2.45) is 0 Å². The summed E-state index contributed by atoms with van der Waals surface area (Å²) in [5.74, 6) is -0.458. The van der Waals surface area contributed by atoms with E-state index in [9.17, 15) is 27.6 Å². The number of carboxylic acids is 1. The molecule has 414 valence electrons. The Labute approximate surface area is 463 Å². The average molecular weight is 1110 g/mol. The number of nitrogens with one attached hydrogen (secondary N) is 4. The zero-order chi connectivity index (χ0) is 56.0. The van der Waals surface area contributed by atoms with Crippen LogP contribution in [0.3, 0.4) is 0 Å². The summed E-state index contributed by atoms with van der Waals surface area (Å²) in [5.41, 5.74) is 24.6. The maximum Gasteiger partial charge on any atom is 0.416 e. The van der Waals surface area contributed by atoms with Crippen molar-refractivity contribution in [1.29, 1.82) is 0 Å². The number of hydrogen-bond donors (Lipinski definition) is 7. The number of carbonyl (C=O) groups is 3. The second kappa shape index (κ2) is 30.4. The zero-order valence-electron chi connectivity index (χ0n) is 43.7. The van der Waals surface area contributed by atoms with Crippen LogP contribution >= 0.6 is 12.4 Å². The first-order chi connectivity index (χ1) is 37.3. The van der Waals surface area contributed by atoms with Gasteiger partial charge < -0.3 is 17.0 Å². The van der Waals surface area contributed by atoms with Crippen molar-refractivity contribution in [1.82, 2.24) is 76.2 Å². The van der Waals surface area contributed by atoms with Gasteiger partial charge in [-0.05, 0) is 119 Å². The van der Waals surface area contributed by atoms with Gasteiger partial charge in [0.25, 0.3) is 11.8 Å². The van der Waals surface area contributed by atoms with Crippen molar-refractivity contribution >= 4 is 65.9 Å². The van der Waals surface area contributed by atoms with E-state index in [-0.39, 0.29) is 41.8 Å². The summed E-state index contributed by atoms with van der Waals surface area (Å²) < 4.78 is 42.4. The van der Waals surface area contributed by atoms with E-state index in [1.165, 1.54) is 33.9 Å². The van der Waals surface area contributed by atoms with E-state index < -0.39 is 17.7 Å². The number of nitrogen functional groups attached to an aromatic ring is 1. The summed E-state index contributed by atoms with van der Waals surface area (Å²) in [6, 6.07) is 26.3. The first-order valence-electron chi connectivity index (χ1n) is 23.3. The van der Waals surface area contributed by atoms with Gasteiger partial charge in [-0.3, -0.25) is 46.2 Å². The Hall–Kier alpha value is -10.4. The minimum Gasteiger partial charge on any atom is -0.478 e. The number of rotatable bonds is 13. The molecule has 0 saturated carbocycles. The van der Waals surface area contributed by atoms with Gasteiger partial charge in [0.2, 0.25) is 0 Å². The zero-order valence-corrected chi connectivity index (χ0v) is 44.5. The lowest BCUT2D eigenvalue weighted by atomic mass is 10.1. The number of pyridine rings is 3. The van der Waals surface area contributed by atoms with Gasteiger partial charge in [-0.2, -0.15) is 13.2 Å². The quantitative estimate of drug-likeness (QED) is 0.0418. The second-order valence-corrected chi connectivity index (χ2v) is 16.7. The molecule has 0 aliphatic heterocycles. The first kappa shape index (κ1) is 62.1. The largest absolute Gasteiger partial charge is 0.478 e. The number of alkyl halides is 3. The number of aromatic nitrogens is 12. The molecule has 2 amide bonds. The van der Waals surface area contributed by atoms with Crippen LogP contribution in [-0.2, 0) is 20.6 Å². The fourth-order valence-corrected chi connectivity index (χ4v) is 6.73. The van der Waals surface area contributed by atoms with E-state index in [2.05, 4.69) is 79.0 Å². The van der Waals surface area contributed by atoms with Crippen molar-refractivity contribution in [3.63, 3.8) is 0 Å². The van der Waals surface area contributed by atoms with Gasteiger partial charge >= 0.3 is 12.1 Å². The highest BCUT2D eigenvalue weighted by molar-refractivity contribution is 5.91. The Morgan fingerprint density at radius 3 is 1.16 bits per heavy atom. The fraction of sp³-hybridized carbons (Fsp3) is 0.111. The molecule has 3 aromatic carbocycles. The molecule has 0 aliphatic rings. The highest BCUT2D eigenvalue weighted by atomic mass is 35.5. The molecule has 22 nitrogen and oxygen atoms in total. The molecule has 0 spiro atoms. The molecule has 0 bridgehead atoms. The van der Waals surface area contributed by atoms with Gasteiger partial charge in [-0.1, -0.05) is 34.4 Å². The third-order valence-corrected chi connectivity index (χ3v) is 10.0. The molecule has 6 aromatic heterocycles. The van der Waals surface area contributed by atoms with Crippen molar-refractivity contribution in [2.45, 2.75) is 40.8 Å². The van der Waals surface area contributed by atoms with Gasteiger partial charge in [0.1, 0.15) is 19.0 Å². The Kier molecular flexibility index (Phi) is 23.6. The number of nitrogens with zero attached hydrogens (tertiary/aromatic N) is 12.